The molecule has 1 aliphatic rings. The Kier molecular flexibility index (Phi) is 5.07. The van der Waals surface area contributed by atoms with Gasteiger partial charge in [-0.1, -0.05) is 30.3 Å². The highest BCUT2D eigenvalue weighted by Gasteiger charge is 2.20. The fourth-order valence-corrected chi connectivity index (χ4v) is 3.76. The van der Waals surface area contributed by atoms with Gasteiger partial charge in [-0.05, 0) is 79.4 Å². The van der Waals surface area contributed by atoms with Crippen molar-refractivity contribution < 1.29 is 4.39 Å². The number of benzene rings is 2. The van der Waals surface area contributed by atoms with Gasteiger partial charge in [-0.25, -0.2) is 4.39 Å². The molecule has 1 aliphatic heterocycles. The van der Waals surface area contributed by atoms with Crippen molar-refractivity contribution in [2.24, 2.45) is 0 Å². The zero-order valence-electron chi connectivity index (χ0n) is 14.8. The maximum absolute atomic E-state index is 13.1. The lowest BCUT2D eigenvalue weighted by Gasteiger charge is -2.32. The molecule has 0 spiro atoms. The van der Waals surface area contributed by atoms with Crippen LogP contribution >= 0.6 is 0 Å². The van der Waals surface area contributed by atoms with Crippen molar-refractivity contribution in [3.05, 3.63) is 89.9 Å². The second kappa shape index (κ2) is 7.79. The van der Waals surface area contributed by atoms with Crippen LogP contribution in [-0.4, -0.2) is 23.0 Å². The van der Waals surface area contributed by atoms with E-state index < -0.39 is 0 Å². The topological polar surface area (TPSA) is 16.1 Å². The fraction of sp³-hybridized carbons (Fsp3) is 0.261. The first-order valence-electron chi connectivity index (χ1n) is 9.26. The highest BCUT2D eigenvalue weighted by molar-refractivity contribution is 5.59. The normalized spacial score (nSPS) is 15.9. The van der Waals surface area contributed by atoms with E-state index in [4.69, 9.17) is 0 Å². The first-order valence-corrected chi connectivity index (χ1v) is 9.26. The third kappa shape index (κ3) is 4.00. The molecular formula is C23H23FN2. The van der Waals surface area contributed by atoms with Crippen LogP contribution in [-0.2, 0) is 6.54 Å². The summed E-state index contributed by atoms with van der Waals surface area (Å²) in [6.07, 6.45) is 4.27. The smallest absolute Gasteiger partial charge is 0.123 e. The predicted molar refractivity (Wildman–Crippen MR) is 103 cm³/mol. The third-order valence-corrected chi connectivity index (χ3v) is 5.23. The summed E-state index contributed by atoms with van der Waals surface area (Å²) < 4.78 is 13.1. The molecule has 4 rings (SSSR count). The Bertz CT molecular complexity index is 838. The van der Waals surface area contributed by atoms with Crippen LogP contribution < -0.4 is 0 Å². The lowest BCUT2D eigenvalue weighted by molar-refractivity contribution is 0.204. The Morgan fingerprint density at radius 3 is 2.38 bits per heavy atom. The van der Waals surface area contributed by atoms with Gasteiger partial charge >= 0.3 is 0 Å². The highest BCUT2D eigenvalue weighted by Crippen LogP contribution is 2.28. The van der Waals surface area contributed by atoms with Crippen LogP contribution in [0.1, 0.15) is 29.9 Å². The number of likely N-dealkylation sites (tertiary alicyclic amines) is 1. The molecule has 0 atom stereocenters. The fourth-order valence-electron chi connectivity index (χ4n) is 3.76. The van der Waals surface area contributed by atoms with E-state index in [1.165, 1.54) is 36.1 Å². The van der Waals surface area contributed by atoms with Crippen molar-refractivity contribution in [3.8, 4) is 11.3 Å². The molecule has 2 aromatic carbocycles. The number of piperidine rings is 1. The summed E-state index contributed by atoms with van der Waals surface area (Å²) in [5, 5.41) is 0. The van der Waals surface area contributed by atoms with E-state index in [0.717, 1.165) is 30.9 Å². The van der Waals surface area contributed by atoms with E-state index in [1.807, 2.05) is 6.20 Å². The van der Waals surface area contributed by atoms with Crippen LogP contribution in [0.3, 0.4) is 0 Å². The number of hydrogen-bond donors (Lipinski definition) is 0. The molecule has 0 bridgehead atoms. The number of hydrogen-bond acceptors (Lipinski definition) is 2. The largest absolute Gasteiger partial charge is 0.299 e. The molecule has 0 amide bonds. The summed E-state index contributed by atoms with van der Waals surface area (Å²) in [5.41, 5.74) is 4.59. The minimum Gasteiger partial charge on any atom is -0.299 e. The number of pyridine rings is 1. The van der Waals surface area contributed by atoms with Crippen LogP contribution in [0.25, 0.3) is 11.3 Å². The molecule has 0 radical (unpaired) electrons. The summed E-state index contributed by atoms with van der Waals surface area (Å²) in [7, 11) is 0. The second-order valence-corrected chi connectivity index (χ2v) is 7.02. The highest BCUT2D eigenvalue weighted by atomic mass is 19.1. The van der Waals surface area contributed by atoms with Crippen molar-refractivity contribution in [3.63, 3.8) is 0 Å². The van der Waals surface area contributed by atoms with E-state index in [1.54, 1.807) is 12.1 Å². The van der Waals surface area contributed by atoms with Gasteiger partial charge in [-0.15, -0.1) is 0 Å². The molecule has 26 heavy (non-hydrogen) atoms. The first-order chi connectivity index (χ1) is 12.8. The van der Waals surface area contributed by atoms with Gasteiger partial charge < -0.3 is 0 Å². The van der Waals surface area contributed by atoms with Crippen molar-refractivity contribution in [2.45, 2.75) is 25.3 Å². The van der Waals surface area contributed by atoms with Gasteiger partial charge in [0.05, 0.1) is 5.69 Å². The number of rotatable bonds is 4. The lowest BCUT2D eigenvalue weighted by atomic mass is 9.89. The molecule has 0 N–H and O–H groups in total. The molecule has 3 heteroatoms. The maximum Gasteiger partial charge on any atom is 0.123 e. The van der Waals surface area contributed by atoms with Crippen LogP contribution in [0.4, 0.5) is 4.39 Å². The van der Waals surface area contributed by atoms with Gasteiger partial charge in [0.2, 0.25) is 0 Å². The minimum atomic E-state index is -0.216. The van der Waals surface area contributed by atoms with Crippen molar-refractivity contribution in [2.75, 3.05) is 13.1 Å². The first kappa shape index (κ1) is 16.9. The third-order valence-electron chi connectivity index (χ3n) is 5.23. The van der Waals surface area contributed by atoms with E-state index in [-0.39, 0.29) is 5.82 Å². The molecule has 2 nitrogen and oxygen atoms in total. The van der Waals surface area contributed by atoms with E-state index in [2.05, 4.69) is 52.3 Å². The summed E-state index contributed by atoms with van der Waals surface area (Å²) in [6.45, 7) is 3.18. The molecule has 1 saturated heterocycles. The van der Waals surface area contributed by atoms with Gasteiger partial charge in [0.25, 0.3) is 0 Å². The molecular weight excluding hydrogens is 323 g/mol. The Hall–Kier alpha value is -2.52. The minimum absolute atomic E-state index is 0.216. The quantitative estimate of drug-likeness (QED) is 0.640. The van der Waals surface area contributed by atoms with Crippen LogP contribution in [0.5, 0.6) is 0 Å². The number of halogens is 1. The Balaban J connectivity index is 1.39. The van der Waals surface area contributed by atoms with Crippen LogP contribution in [0, 0.1) is 5.82 Å². The van der Waals surface area contributed by atoms with Crippen molar-refractivity contribution >= 4 is 0 Å². The Morgan fingerprint density at radius 2 is 1.65 bits per heavy atom. The zero-order valence-corrected chi connectivity index (χ0v) is 14.8. The monoisotopic (exact) mass is 346 g/mol. The average molecular weight is 346 g/mol. The molecule has 1 aromatic heterocycles. The van der Waals surface area contributed by atoms with E-state index >= 15 is 0 Å². The summed E-state index contributed by atoms with van der Waals surface area (Å²) in [6, 6.07) is 21.6. The van der Waals surface area contributed by atoms with Crippen LogP contribution in [0.2, 0.25) is 0 Å². The Labute approximate surface area is 154 Å². The van der Waals surface area contributed by atoms with Gasteiger partial charge in [-0.3, -0.25) is 9.88 Å². The summed E-state index contributed by atoms with van der Waals surface area (Å²) in [4.78, 5) is 6.96. The maximum atomic E-state index is 13.1. The van der Waals surface area contributed by atoms with E-state index in [0.29, 0.717) is 5.92 Å². The zero-order chi connectivity index (χ0) is 17.8. The van der Waals surface area contributed by atoms with Crippen molar-refractivity contribution in [1.29, 1.82) is 0 Å². The van der Waals surface area contributed by atoms with Crippen molar-refractivity contribution in [1.82, 2.24) is 9.88 Å². The second-order valence-electron chi connectivity index (χ2n) is 7.02. The van der Waals surface area contributed by atoms with Gasteiger partial charge in [0.1, 0.15) is 5.82 Å². The summed E-state index contributed by atoms with van der Waals surface area (Å²) >= 11 is 0. The Morgan fingerprint density at radius 1 is 0.923 bits per heavy atom. The molecule has 0 unspecified atom stereocenters. The molecule has 132 valence electrons. The standard InChI is InChI=1S/C23H23FN2/c24-22-8-6-21(7-9-22)23-16-18(10-13-25-23)17-26-14-11-20(12-15-26)19-4-2-1-3-5-19/h1-10,13,16,20H,11-12,14-15,17H2. The SMILES string of the molecule is Fc1ccc(-c2cc(CN3CCC(c4ccccc4)CC3)ccn2)cc1. The van der Waals surface area contributed by atoms with E-state index in [9.17, 15) is 4.39 Å². The molecule has 2 heterocycles. The summed E-state index contributed by atoms with van der Waals surface area (Å²) in [5.74, 6) is 0.464. The average Bonchev–Trinajstić information content (AvgIpc) is 2.70. The van der Waals surface area contributed by atoms with Gasteiger partial charge in [0, 0.05) is 18.3 Å². The number of aromatic nitrogens is 1. The lowest BCUT2D eigenvalue weighted by Crippen LogP contribution is -2.32. The predicted octanol–water partition coefficient (Wildman–Crippen LogP) is 5.27. The number of nitrogens with zero attached hydrogens (tertiary/aromatic N) is 2. The molecule has 3 aromatic rings. The molecule has 0 saturated carbocycles. The van der Waals surface area contributed by atoms with Gasteiger partial charge in [-0.2, -0.15) is 0 Å². The molecule has 0 aliphatic carbocycles. The van der Waals surface area contributed by atoms with Gasteiger partial charge in [0.15, 0.2) is 0 Å². The molecule has 1 fully saturated rings. The van der Waals surface area contributed by atoms with Crippen LogP contribution in [0.15, 0.2) is 72.9 Å².